The van der Waals surface area contributed by atoms with E-state index in [4.69, 9.17) is 0 Å². The topological polar surface area (TPSA) is 58.2 Å². The van der Waals surface area contributed by atoms with Crippen molar-refractivity contribution in [1.82, 2.24) is 5.32 Å². The van der Waals surface area contributed by atoms with Crippen LogP contribution in [0.4, 0.5) is 5.69 Å². The zero-order valence-corrected chi connectivity index (χ0v) is 12.2. The Labute approximate surface area is 117 Å². The maximum absolute atomic E-state index is 12.1. The Bertz CT molecular complexity index is 521. The zero-order chi connectivity index (χ0) is 14.0. The van der Waals surface area contributed by atoms with Crippen LogP contribution in [0.3, 0.4) is 0 Å². The van der Waals surface area contributed by atoms with E-state index in [0.29, 0.717) is 12.0 Å². The highest BCUT2D eigenvalue weighted by atomic mass is 32.2. The molecule has 0 spiro atoms. The zero-order valence-electron chi connectivity index (χ0n) is 11.4. The molecule has 2 rings (SSSR count). The molecule has 2 amide bonds. The number of hydrogen-bond donors (Lipinski definition) is 2. The van der Waals surface area contributed by atoms with Crippen LogP contribution in [0.25, 0.3) is 0 Å². The fraction of sp³-hybridized carbons (Fsp3) is 0.429. The van der Waals surface area contributed by atoms with Gasteiger partial charge in [0.15, 0.2) is 0 Å². The van der Waals surface area contributed by atoms with Gasteiger partial charge in [0.25, 0.3) is 5.91 Å². The maximum atomic E-state index is 12.1. The van der Waals surface area contributed by atoms with Crippen molar-refractivity contribution in [3.63, 3.8) is 0 Å². The Kier molecular flexibility index (Phi) is 3.85. The van der Waals surface area contributed by atoms with E-state index in [-0.39, 0.29) is 17.4 Å². The molecule has 0 bridgehead atoms. The van der Waals surface area contributed by atoms with Crippen molar-refractivity contribution in [3.8, 4) is 0 Å². The van der Waals surface area contributed by atoms with Crippen molar-refractivity contribution in [3.05, 3.63) is 23.8 Å². The third kappa shape index (κ3) is 3.73. The van der Waals surface area contributed by atoms with Crippen LogP contribution in [0.5, 0.6) is 0 Å². The molecule has 0 atom stereocenters. The lowest BCUT2D eigenvalue weighted by Crippen LogP contribution is -2.40. The van der Waals surface area contributed by atoms with Gasteiger partial charge in [-0.3, -0.25) is 9.59 Å². The van der Waals surface area contributed by atoms with E-state index in [0.717, 1.165) is 16.3 Å². The number of benzene rings is 1. The largest absolute Gasteiger partial charge is 0.347 e. The molecule has 2 N–H and O–H groups in total. The first-order chi connectivity index (χ1) is 8.85. The van der Waals surface area contributed by atoms with E-state index in [1.54, 1.807) is 23.9 Å². The molecule has 0 fully saturated rings. The van der Waals surface area contributed by atoms with Gasteiger partial charge >= 0.3 is 0 Å². The lowest BCUT2D eigenvalue weighted by atomic mass is 10.1. The van der Waals surface area contributed by atoms with Gasteiger partial charge in [-0.1, -0.05) is 0 Å². The van der Waals surface area contributed by atoms with Crippen molar-refractivity contribution < 1.29 is 9.59 Å². The summed E-state index contributed by atoms with van der Waals surface area (Å²) in [5.74, 6) is 0.644. The van der Waals surface area contributed by atoms with Gasteiger partial charge in [-0.05, 0) is 39.0 Å². The number of thioether (sulfide) groups is 1. The minimum Gasteiger partial charge on any atom is -0.347 e. The first-order valence-electron chi connectivity index (χ1n) is 6.24. The van der Waals surface area contributed by atoms with E-state index in [9.17, 15) is 9.59 Å². The Morgan fingerprint density at radius 1 is 1.37 bits per heavy atom. The standard InChI is InChI=1S/C14H18N2O2S/c1-14(2,3)16-13(18)9-4-5-11-10(8-9)15-12(17)6-7-19-11/h4-5,8H,6-7H2,1-3H3,(H,15,17)(H,16,18). The van der Waals surface area contributed by atoms with Crippen LogP contribution in [0.1, 0.15) is 37.6 Å². The highest BCUT2D eigenvalue weighted by molar-refractivity contribution is 7.99. The monoisotopic (exact) mass is 278 g/mol. The van der Waals surface area contributed by atoms with Crippen LogP contribution in [0.15, 0.2) is 23.1 Å². The third-order valence-corrected chi connectivity index (χ3v) is 3.67. The van der Waals surface area contributed by atoms with E-state index in [1.165, 1.54) is 0 Å². The number of rotatable bonds is 1. The average molecular weight is 278 g/mol. The first-order valence-corrected chi connectivity index (χ1v) is 7.23. The lowest BCUT2D eigenvalue weighted by Gasteiger charge is -2.20. The number of hydrogen-bond acceptors (Lipinski definition) is 3. The van der Waals surface area contributed by atoms with Gasteiger partial charge in [-0.25, -0.2) is 0 Å². The summed E-state index contributed by atoms with van der Waals surface area (Å²) in [5, 5.41) is 5.75. The Hall–Kier alpha value is -1.49. The van der Waals surface area contributed by atoms with Crippen molar-refractivity contribution in [2.24, 2.45) is 0 Å². The van der Waals surface area contributed by atoms with E-state index >= 15 is 0 Å². The highest BCUT2D eigenvalue weighted by Gasteiger charge is 2.18. The Balaban J connectivity index is 2.25. The summed E-state index contributed by atoms with van der Waals surface area (Å²) >= 11 is 1.63. The molecule has 4 nitrogen and oxygen atoms in total. The van der Waals surface area contributed by atoms with E-state index in [1.807, 2.05) is 26.8 Å². The lowest BCUT2D eigenvalue weighted by molar-refractivity contribution is -0.115. The van der Waals surface area contributed by atoms with E-state index in [2.05, 4.69) is 10.6 Å². The Morgan fingerprint density at radius 2 is 2.11 bits per heavy atom. The minimum absolute atomic E-state index is 0.000343. The second-order valence-electron chi connectivity index (χ2n) is 5.56. The molecule has 0 saturated heterocycles. The minimum atomic E-state index is -0.276. The predicted octanol–water partition coefficient (Wildman–Crippen LogP) is 2.65. The van der Waals surface area contributed by atoms with Crippen molar-refractivity contribution in [2.75, 3.05) is 11.1 Å². The molecular formula is C14H18N2O2S. The fourth-order valence-corrected chi connectivity index (χ4v) is 2.71. The second kappa shape index (κ2) is 5.25. The number of fused-ring (bicyclic) bond motifs is 1. The molecule has 1 heterocycles. The molecule has 1 aliphatic heterocycles. The third-order valence-electron chi connectivity index (χ3n) is 2.59. The number of carbonyl (C=O) groups is 2. The van der Waals surface area contributed by atoms with Gasteiger partial charge in [0.05, 0.1) is 5.69 Å². The predicted molar refractivity (Wildman–Crippen MR) is 77.6 cm³/mol. The molecule has 0 aliphatic carbocycles. The number of carbonyl (C=O) groups excluding carboxylic acids is 2. The summed E-state index contributed by atoms with van der Waals surface area (Å²) in [4.78, 5) is 24.6. The summed E-state index contributed by atoms with van der Waals surface area (Å²) in [7, 11) is 0. The molecule has 19 heavy (non-hydrogen) atoms. The van der Waals surface area contributed by atoms with Crippen LogP contribution < -0.4 is 10.6 Å². The van der Waals surface area contributed by atoms with Crippen LogP contribution in [0, 0.1) is 0 Å². The van der Waals surface area contributed by atoms with Crippen molar-refractivity contribution >= 4 is 29.3 Å². The van der Waals surface area contributed by atoms with Crippen LogP contribution in [-0.4, -0.2) is 23.1 Å². The molecule has 5 heteroatoms. The van der Waals surface area contributed by atoms with Gasteiger partial charge < -0.3 is 10.6 Å². The summed E-state index contributed by atoms with van der Waals surface area (Å²) in [5.41, 5.74) is 1.02. The van der Waals surface area contributed by atoms with Gasteiger partial charge in [-0.2, -0.15) is 0 Å². The summed E-state index contributed by atoms with van der Waals surface area (Å²) in [6.45, 7) is 5.81. The van der Waals surface area contributed by atoms with Crippen LogP contribution in [0.2, 0.25) is 0 Å². The molecular weight excluding hydrogens is 260 g/mol. The summed E-state index contributed by atoms with van der Waals surface area (Å²) in [6.07, 6.45) is 0.503. The average Bonchev–Trinajstić information content (AvgIpc) is 2.46. The first kappa shape index (κ1) is 13.9. The molecule has 0 radical (unpaired) electrons. The summed E-state index contributed by atoms with van der Waals surface area (Å²) in [6, 6.07) is 5.43. The molecule has 0 unspecified atom stereocenters. The maximum Gasteiger partial charge on any atom is 0.251 e. The number of amides is 2. The summed E-state index contributed by atoms with van der Waals surface area (Å²) < 4.78 is 0. The van der Waals surface area contributed by atoms with Gasteiger partial charge in [0.1, 0.15) is 0 Å². The normalized spacial score (nSPS) is 15.2. The Morgan fingerprint density at radius 3 is 2.79 bits per heavy atom. The molecule has 102 valence electrons. The number of anilines is 1. The van der Waals surface area contributed by atoms with Gasteiger partial charge in [-0.15, -0.1) is 11.8 Å². The van der Waals surface area contributed by atoms with Gasteiger partial charge in [0, 0.05) is 28.2 Å². The smallest absolute Gasteiger partial charge is 0.251 e. The molecule has 1 aromatic rings. The fourth-order valence-electron chi connectivity index (χ4n) is 1.77. The number of nitrogens with one attached hydrogen (secondary N) is 2. The van der Waals surface area contributed by atoms with Crippen molar-refractivity contribution in [2.45, 2.75) is 37.6 Å². The van der Waals surface area contributed by atoms with Crippen molar-refractivity contribution in [1.29, 1.82) is 0 Å². The van der Waals surface area contributed by atoms with Crippen LogP contribution in [-0.2, 0) is 4.79 Å². The van der Waals surface area contributed by atoms with Gasteiger partial charge in [0.2, 0.25) is 5.91 Å². The molecule has 1 aromatic carbocycles. The highest BCUT2D eigenvalue weighted by Crippen LogP contribution is 2.31. The van der Waals surface area contributed by atoms with E-state index < -0.39 is 0 Å². The van der Waals surface area contributed by atoms with Crippen LogP contribution >= 0.6 is 11.8 Å². The molecule has 0 aromatic heterocycles. The molecule has 0 saturated carbocycles. The quantitative estimate of drug-likeness (QED) is 0.830. The molecule has 1 aliphatic rings. The second-order valence-corrected chi connectivity index (χ2v) is 6.70. The SMILES string of the molecule is CC(C)(C)NC(=O)c1ccc2c(c1)NC(=O)CCS2.